The van der Waals surface area contributed by atoms with Crippen LogP contribution >= 0.6 is 0 Å². The Morgan fingerprint density at radius 1 is 1.15 bits per heavy atom. The largest absolute Gasteiger partial charge is 0.507 e. The molecule has 1 aliphatic heterocycles. The lowest BCUT2D eigenvalue weighted by atomic mass is 9.71. The highest BCUT2D eigenvalue weighted by Gasteiger charge is 2.49. The zero-order valence-electron chi connectivity index (χ0n) is 21.8. The van der Waals surface area contributed by atoms with Crippen molar-refractivity contribution >= 4 is 17.3 Å². The number of ether oxygens (including phenoxy) is 3. The van der Waals surface area contributed by atoms with Gasteiger partial charge in [-0.25, -0.2) is 0 Å². The molecular formula is C28H31NO10. The van der Waals surface area contributed by atoms with Gasteiger partial charge in [0.2, 0.25) is 5.78 Å². The fraction of sp³-hybridized carbons (Fsp3) is 0.464. The van der Waals surface area contributed by atoms with Crippen LogP contribution in [-0.2, 0) is 20.7 Å². The fourth-order valence-electron chi connectivity index (χ4n) is 5.93. The number of phenolic OH excluding ortho intramolecular Hbond substituents is 2. The molecule has 5 rings (SSSR count). The molecule has 3 aliphatic rings. The summed E-state index contributed by atoms with van der Waals surface area (Å²) in [5.41, 5.74) is 3.03. The molecule has 2 aliphatic carbocycles. The summed E-state index contributed by atoms with van der Waals surface area (Å²) >= 11 is 0. The van der Waals surface area contributed by atoms with Crippen LogP contribution in [0.3, 0.4) is 0 Å². The van der Waals surface area contributed by atoms with Crippen LogP contribution in [0.15, 0.2) is 18.2 Å². The van der Waals surface area contributed by atoms with Crippen molar-refractivity contribution in [2.75, 3.05) is 7.11 Å². The molecule has 0 aromatic heterocycles. The molecule has 2 aromatic carbocycles. The first-order valence-corrected chi connectivity index (χ1v) is 12.8. The number of methoxy groups -OCH3 is 1. The van der Waals surface area contributed by atoms with E-state index < -0.39 is 82.6 Å². The van der Waals surface area contributed by atoms with Crippen molar-refractivity contribution in [2.45, 2.75) is 75.8 Å². The van der Waals surface area contributed by atoms with Gasteiger partial charge in [0.25, 0.3) is 0 Å². The van der Waals surface area contributed by atoms with Crippen molar-refractivity contribution in [1.29, 1.82) is 0 Å². The Morgan fingerprint density at radius 3 is 2.49 bits per heavy atom. The lowest BCUT2D eigenvalue weighted by Crippen LogP contribution is -2.52. The number of aliphatic hydroxyl groups excluding tert-OH is 1. The molecule has 11 nitrogen and oxygen atoms in total. The predicted molar refractivity (Wildman–Crippen MR) is 135 cm³/mol. The van der Waals surface area contributed by atoms with Crippen LogP contribution in [0.25, 0.3) is 0 Å². The van der Waals surface area contributed by atoms with Gasteiger partial charge in [0.15, 0.2) is 17.9 Å². The molecule has 6 atom stereocenters. The van der Waals surface area contributed by atoms with E-state index >= 15 is 0 Å². The smallest absolute Gasteiger partial charge is 0.202 e. The zero-order valence-corrected chi connectivity index (χ0v) is 21.8. The summed E-state index contributed by atoms with van der Waals surface area (Å²) in [6.07, 6.45) is -4.53. The van der Waals surface area contributed by atoms with Crippen molar-refractivity contribution in [3.8, 4) is 17.2 Å². The number of hydrogen-bond acceptors (Lipinski definition) is 11. The first kappa shape index (κ1) is 27.2. The van der Waals surface area contributed by atoms with E-state index in [-0.39, 0.29) is 47.3 Å². The van der Waals surface area contributed by atoms with Crippen LogP contribution in [0.1, 0.15) is 82.2 Å². The van der Waals surface area contributed by atoms with Crippen LogP contribution in [0.4, 0.5) is 0 Å². The molecular weight excluding hydrogens is 510 g/mol. The highest BCUT2D eigenvalue weighted by atomic mass is 16.7. The topological polar surface area (TPSA) is 186 Å². The van der Waals surface area contributed by atoms with Gasteiger partial charge < -0.3 is 40.4 Å². The number of nitrogens with two attached hydrogens (primary N) is 1. The summed E-state index contributed by atoms with van der Waals surface area (Å²) in [5.74, 6) is -3.07. The first-order valence-electron chi connectivity index (χ1n) is 12.8. The normalized spacial score (nSPS) is 29.8. The monoisotopic (exact) mass is 541 g/mol. The Kier molecular flexibility index (Phi) is 6.76. The number of aromatic hydroxyl groups is 2. The average molecular weight is 542 g/mol. The van der Waals surface area contributed by atoms with Gasteiger partial charge in [0.05, 0.1) is 42.1 Å². The van der Waals surface area contributed by atoms with Crippen LogP contribution < -0.4 is 10.5 Å². The van der Waals surface area contributed by atoms with E-state index in [0.717, 1.165) is 0 Å². The zero-order chi connectivity index (χ0) is 28.4. The van der Waals surface area contributed by atoms with Gasteiger partial charge >= 0.3 is 0 Å². The maximum atomic E-state index is 13.7. The number of ketones is 3. The summed E-state index contributed by atoms with van der Waals surface area (Å²) < 4.78 is 17.1. The number of Topliss-reactive ketones (excluding diaryl/α,β-unsaturated/α-hetero) is 1. The minimum absolute atomic E-state index is 0.0119. The van der Waals surface area contributed by atoms with Gasteiger partial charge in [-0.2, -0.15) is 0 Å². The second-order valence-electron chi connectivity index (χ2n) is 10.4. The second kappa shape index (κ2) is 9.68. The van der Waals surface area contributed by atoms with E-state index in [1.165, 1.54) is 25.3 Å². The number of hydrogen-bond donors (Lipinski definition) is 5. The van der Waals surface area contributed by atoms with Crippen LogP contribution in [0, 0.1) is 0 Å². The Morgan fingerprint density at radius 2 is 1.85 bits per heavy atom. The highest BCUT2D eigenvalue weighted by Crippen LogP contribution is 2.52. The molecule has 1 fully saturated rings. The molecule has 0 radical (unpaired) electrons. The molecule has 0 amide bonds. The Labute approximate surface area is 224 Å². The maximum absolute atomic E-state index is 13.7. The number of rotatable bonds is 5. The molecule has 0 spiro atoms. The van der Waals surface area contributed by atoms with Crippen LogP contribution in [0.5, 0.6) is 17.2 Å². The maximum Gasteiger partial charge on any atom is 0.202 e. The number of carbonyl (C=O) groups is 3. The average Bonchev–Trinajstić information content (AvgIpc) is 2.90. The third-order valence-corrected chi connectivity index (χ3v) is 7.98. The number of aliphatic hydroxyl groups is 2. The van der Waals surface area contributed by atoms with E-state index in [1.807, 2.05) is 0 Å². The van der Waals surface area contributed by atoms with E-state index in [0.29, 0.717) is 0 Å². The fourth-order valence-corrected chi connectivity index (χ4v) is 5.93. The second-order valence-corrected chi connectivity index (χ2v) is 10.4. The number of phenols is 2. The third-order valence-electron chi connectivity index (χ3n) is 7.98. The van der Waals surface area contributed by atoms with E-state index in [4.69, 9.17) is 19.9 Å². The molecule has 0 bridgehead atoms. The van der Waals surface area contributed by atoms with Crippen molar-refractivity contribution < 1.29 is 49.0 Å². The van der Waals surface area contributed by atoms with Crippen molar-refractivity contribution in [3.63, 3.8) is 0 Å². The lowest BCUT2D eigenvalue weighted by Gasteiger charge is -2.42. The molecule has 39 heavy (non-hydrogen) atoms. The number of benzene rings is 2. The number of carbonyl (C=O) groups excluding carboxylic acids is 3. The van der Waals surface area contributed by atoms with Crippen LogP contribution in [-0.4, -0.2) is 75.0 Å². The summed E-state index contributed by atoms with van der Waals surface area (Å²) in [6.45, 7) is 3.19. The molecule has 3 unspecified atom stereocenters. The van der Waals surface area contributed by atoms with Gasteiger partial charge in [-0.05, 0) is 13.0 Å². The van der Waals surface area contributed by atoms with Crippen LogP contribution in [0.2, 0.25) is 0 Å². The van der Waals surface area contributed by atoms with Gasteiger partial charge in [-0.1, -0.05) is 19.1 Å². The minimum Gasteiger partial charge on any atom is -0.507 e. The van der Waals surface area contributed by atoms with Gasteiger partial charge in [0.1, 0.15) is 22.8 Å². The van der Waals surface area contributed by atoms with E-state index in [2.05, 4.69) is 0 Å². The summed E-state index contributed by atoms with van der Waals surface area (Å²) in [6, 6.07) is 3.76. The molecule has 2 aromatic rings. The Hall–Kier alpha value is -3.35. The van der Waals surface area contributed by atoms with E-state index in [9.17, 15) is 34.8 Å². The van der Waals surface area contributed by atoms with E-state index in [1.54, 1.807) is 13.8 Å². The minimum atomic E-state index is -1.99. The molecule has 208 valence electrons. The highest BCUT2D eigenvalue weighted by molar-refractivity contribution is 6.31. The lowest BCUT2D eigenvalue weighted by molar-refractivity contribution is -0.247. The Bertz CT molecular complexity index is 1380. The molecule has 6 N–H and O–H groups in total. The Balaban J connectivity index is 1.69. The molecule has 0 saturated carbocycles. The van der Waals surface area contributed by atoms with Crippen molar-refractivity contribution in [3.05, 3.63) is 51.6 Å². The summed E-state index contributed by atoms with van der Waals surface area (Å²) in [4.78, 5) is 40.1. The third kappa shape index (κ3) is 4.12. The summed E-state index contributed by atoms with van der Waals surface area (Å²) in [5, 5.41) is 44.5. The molecule has 1 heterocycles. The molecule has 1 saturated heterocycles. The molecule has 11 heteroatoms. The summed E-state index contributed by atoms with van der Waals surface area (Å²) in [7, 11) is 1.34. The standard InChI is InChI=1S/C28H31NO10/c1-4-17(30)28(36)9-13-20(16(10-28)39-18-8-14(29)23(31)11(2)38-18)27(35)22-21(25(13)33)24(32)12-6-5-7-15(37-3)19(12)26(22)34/h5-7,11,14,16,18,23,31,33,35-36H,4,8-10,29H2,1-3H3/t11?,14?,16-,18-,23+,28?/m0/s1. The first-order chi connectivity index (χ1) is 18.4. The van der Waals surface area contributed by atoms with Gasteiger partial charge in [-0.3, -0.25) is 14.4 Å². The van der Waals surface area contributed by atoms with Gasteiger partial charge in [-0.15, -0.1) is 0 Å². The van der Waals surface area contributed by atoms with Gasteiger partial charge in [0, 0.05) is 48.4 Å². The number of fused-ring (bicyclic) bond motifs is 3. The predicted octanol–water partition coefficient (Wildman–Crippen LogP) is 1.42. The SMILES string of the molecule is CCC(=O)C1(O)Cc2c(O)c3c(c(O)c2[C@@H](O[C@H]2CC(N)[C@H](O)C(C)O2)C1)C(=O)c1c(OC)cccc1C3=O. The van der Waals surface area contributed by atoms with Crippen molar-refractivity contribution in [1.82, 2.24) is 0 Å². The van der Waals surface area contributed by atoms with Crippen molar-refractivity contribution in [2.24, 2.45) is 5.73 Å². The quantitative estimate of drug-likeness (QED) is 0.294.